The van der Waals surface area contributed by atoms with Crippen LogP contribution < -0.4 is 15.4 Å². The highest BCUT2D eigenvalue weighted by molar-refractivity contribution is 6.05. The number of hydrogen-bond donors (Lipinski definition) is 2. The van der Waals surface area contributed by atoms with E-state index >= 15 is 0 Å². The van der Waals surface area contributed by atoms with Crippen molar-refractivity contribution in [3.05, 3.63) is 90.0 Å². The van der Waals surface area contributed by atoms with Crippen LogP contribution in [-0.2, 0) is 11.2 Å². The lowest BCUT2D eigenvalue weighted by molar-refractivity contribution is -0.116. The number of hydrogen-bond acceptors (Lipinski definition) is 3. The molecule has 160 valence electrons. The number of amides is 2. The first-order valence-corrected chi connectivity index (χ1v) is 10.6. The molecule has 0 saturated heterocycles. The van der Waals surface area contributed by atoms with Gasteiger partial charge in [0.25, 0.3) is 5.91 Å². The van der Waals surface area contributed by atoms with Gasteiger partial charge in [0.05, 0.1) is 6.10 Å². The number of aryl methyl sites for hydroxylation is 1. The molecule has 0 aliphatic rings. The van der Waals surface area contributed by atoms with E-state index < -0.39 is 0 Å². The molecule has 1 unspecified atom stereocenters. The molecule has 3 aromatic carbocycles. The first kappa shape index (κ1) is 22.1. The summed E-state index contributed by atoms with van der Waals surface area (Å²) in [6, 6.07) is 24.2. The number of ether oxygens (including phenoxy) is 1. The van der Waals surface area contributed by atoms with E-state index in [1.54, 1.807) is 42.5 Å². The molecule has 0 aromatic heterocycles. The Hall–Kier alpha value is -3.60. The molecule has 1 atom stereocenters. The molecule has 3 rings (SSSR count). The third-order valence-corrected chi connectivity index (χ3v) is 4.90. The molecule has 2 N–H and O–H groups in total. The van der Waals surface area contributed by atoms with Crippen LogP contribution in [0, 0.1) is 0 Å². The minimum atomic E-state index is -0.234. The summed E-state index contributed by atoms with van der Waals surface area (Å²) in [5.41, 5.74) is 2.89. The van der Waals surface area contributed by atoms with Crippen LogP contribution in [0.4, 0.5) is 11.4 Å². The fraction of sp³-hybridized carbons (Fsp3) is 0.231. The molecule has 0 aliphatic heterocycles. The second kappa shape index (κ2) is 11.0. The molecular formula is C26H28N2O3. The van der Waals surface area contributed by atoms with Crippen molar-refractivity contribution < 1.29 is 14.3 Å². The molecule has 0 saturated carbocycles. The molecule has 0 aliphatic carbocycles. The monoisotopic (exact) mass is 416 g/mol. The van der Waals surface area contributed by atoms with Gasteiger partial charge >= 0.3 is 0 Å². The van der Waals surface area contributed by atoms with Crippen molar-refractivity contribution in [3.63, 3.8) is 0 Å². The number of anilines is 2. The van der Waals surface area contributed by atoms with Crippen LogP contribution in [0.2, 0.25) is 0 Å². The molecule has 31 heavy (non-hydrogen) atoms. The van der Waals surface area contributed by atoms with Crippen LogP contribution in [0.25, 0.3) is 0 Å². The quantitative estimate of drug-likeness (QED) is 0.471. The fourth-order valence-electron chi connectivity index (χ4n) is 3.03. The summed E-state index contributed by atoms with van der Waals surface area (Å²) in [5.74, 6) is 0.366. The first-order chi connectivity index (χ1) is 15.0. The van der Waals surface area contributed by atoms with E-state index in [1.165, 1.54) is 0 Å². The number of carbonyl (C=O) groups excluding carboxylic acids is 2. The van der Waals surface area contributed by atoms with Crippen molar-refractivity contribution in [2.24, 2.45) is 0 Å². The van der Waals surface area contributed by atoms with E-state index in [4.69, 9.17) is 4.74 Å². The van der Waals surface area contributed by atoms with Gasteiger partial charge in [-0.3, -0.25) is 9.59 Å². The number of carbonyl (C=O) groups is 2. The maximum absolute atomic E-state index is 12.7. The van der Waals surface area contributed by atoms with Gasteiger partial charge in [0.2, 0.25) is 5.91 Å². The van der Waals surface area contributed by atoms with Crippen LogP contribution >= 0.6 is 0 Å². The summed E-state index contributed by atoms with van der Waals surface area (Å²) in [4.78, 5) is 24.9. The summed E-state index contributed by atoms with van der Waals surface area (Å²) < 4.78 is 5.79. The van der Waals surface area contributed by atoms with E-state index in [0.717, 1.165) is 12.0 Å². The van der Waals surface area contributed by atoms with Gasteiger partial charge in [-0.05, 0) is 61.7 Å². The van der Waals surface area contributed by atoms with Crippen molar-refractivity contribution in [2.45, 2.75) is 39.2 Å². The van der Waals surface area contributed by atoms with Crippen molar-refractivity contribution in [2.75, 3.05) is 10.6 Å². The van der Waals surface area contributed by atoms with Gasteiger partial charge < -0.3 is 15.4 Å². The number of nitrogens with one attached hydrogen (secondary N) is 2. The minimum Gasteiger partial charge on any atom is -0.491 e. The van der Waals surface area contributed by atoms with E-state index in [1.807, 2.05) is 43.3 Å². The molecule has 0 radical (unpaired) electrons. The topological polar surface area (TPSA) is 67.4 Å². The lowest BCUT2D eigenvalue weighted by Crippen LogP contribution is -2.15. The second-order valence-electron chi connectivity index (χ2n) is 7.43. The third-order valence-electron chi connectivity index (χ3n) is 4.90. The molecule has 2 amide bonds. The lowest BCUT2D eigenvalue weighted by atomic mass is 10.1. The predicted molar refractivity (Wildman–Crippen MR) is 125 cm³/mol. The zero-order valence-corrected chi connectivity index (χ0v) is 17.9. The Balaban J connectivity index is 1.58. The Morgan fingerprint density at radius 2 is 1.58 bits per heavy atom. The highest BCUT2D eigenvalue weighted by Gasteiger charge is 2.10. The van der Waals surface area contributed by atoms with Gasteiger partial charge in [0.1, 0.15) is 5.75 Å². The van der Waals surface area contributed by atoms with E-state index in [9.17, 15) is 9.59 Å². The Labute approximate surface area is 183 Å². The largest absolute Gasteiger partial charge is 0.491 e. The standard InChI is InChI=1S/C26H28N2O3/c1-3-19(2)31-24-14-7-11-21(17-24)26(30)28-23-13-8-12-22(18-23)27-25(29)16-15-20-9-5-4-6-10-20/h4-14,17-19H,3,15-16H2,1-2H3,(H,27,29)(H,28,30). The summed E-state index contributed by atoms with van der Waals surface area (Å²) >= 11 is 0. The molecule has 0 bridgehead atoms. The Morgan fingerprint density at radius 3 is 2.32 bits per heavy atom. The molecule has 0 spiro atoms. The molecule has 5 heteroatoms. The lowest BCUT2D eigenvalue weighted by Gasteiger charge is -2.13. The van der Waals surface area contributed by atoms with Crippen molar-refractivity contribution >= 4 is 23.2 Å². The maximum atomic E-state index is 12.7. The normalized spacial score (nSPS) is 11.4. The first-order valence-electron chi connectivity index (χ1n) is 10.6. The van der Waals surface area contributed by atoms with Gasteiger partial charge in [-0.25, -0.2) is 0 Å². The third kappa shape index (κ3) is 7.00. The highest BCUT2D eigenvalue weighted by atomic mass is 16.5. The zero-order chi connectivity index (χ0) is 22.1. The van der Waals surface area contributed by atoms with Gasteiger partial charge in [-0.1, -0.05) is 49.4 Å². The maximum Gasteiger partial charge on any atom is 0.255 e. The van der Waals surface area contributed by atoms with Crippen LogP contribution in [-0.4, -0.2) is 17.9 Å². The highest BCUT2D eigenvalue weighted by Crippen LogP contribution is 2.19. The van der Waals surface area contributed by atoms with Crippen LogP contribution in [0.5, 0.6) is 5.75 Å². The SMILES string of the molecule is CCC(C)Oc1cccc(C(=O)Nc2cccc(NC(=O)CCc3ccccc3)c2)c1. The smallest absolute Gasteiger partial charge is 0.255 e. The Kier molecular flexibility index (Phi) is 7.82. The minimum absolute atomic E-state index is 0.0674. The van der Waals surface area contributed by atoms with E-state index in [2.05, 4.69) is 17.6 Å². The fourth-order valence-corrected chi connectivity index (χ4v) is 3.03. The van der Waals surface area contributed by atoms with Crippen molar-refractivity contribution in [1.82, 2.24) is 0 Å². The second-order valence-corrected chi connectivity index (χ2v) is 7.43. The number of rotatable bonds is 9. The molecule has 5 nitrogen and oxygen atoms in total. The zero-order valence-electron chi connectivity index (χ0n) is 17.9. The van der Waals surface area contributed by atoms with E-state index in [-0.39, 0.29) is 17.9 Å². The van der Waals surface area contributed by atoms with Crippen molar-refractivity contribution in [3.8, 4) is 5.75 Å². The van der Waals surface area contributed by atoms with Gasteiger partial charge in [-0.15, -0.1) is 0 Å². The Bertz CT molecular complexity index is 1020. The summed E-state index contributed by atoms with van der Waals surface area (Å²) in [6.07, 6.45) is 2.04. The molecule has 3 aromatic rings. The Morgan fingerprint density at radius 1 is 0.871 bits per heavy atom. The predicted octanol–water partition coefficient (Wildman–Crippen LogP) is 5.69. The van der Waals surface area contributed by atoms with E-state index in [0.29, 0.717) is 35.5 Å². The summed E-state index contributed by atoms with van der Waals surface area (Å²) in [5, 5.41) is 5.77. The van der Waals surface area contributed by atoms with Gasteiger partial charge in [-0.2, -0.15) is 0 Å². The molecule has 0 fully saturated rings. The number of benzene rings is 3. The van der Waals surface area contributed by atoms with Crippen LogP contribution in [0.1, 0.15) is 42.6 Å². The average molecular weight is 417 g/mol. The molecular weight excluding hydrogens is 388 g/mol. The van der Waals surface area contributed by atoms with Crippen LogP contribution in [0.15, 0.2) is 78.9 Å². The summed E-state index contributed by atoms with van der Waals surface area (Å²) in [6.45, 7) is 4.04. The van der Waals surface area contributed by atoms with Gasteiger partial charge in [0, 0.05) is 23.4 Å². The summed E-state index contributed by atoms with van der Waals surface area (Å²) in [7, 11) is 0. The van der Waals surface area contributed by atoms with Crippen molar-refractivity contribution in [1.29, 1.82) is 0 Å². The van der Waals surface area contributed by atoms with Gasteiger partial charge in [0.15, 0.2) is 0 Å². The average Bonchev–Trinajstić information content (AvgIpc) is 2.78. The van der Waals surface area contributed by atoms with Crippen LogP contribution in [0.3, 0.4) is 0 Å². The molecule has 0 heterocycles.